The van der Waals surface area contributed by atoms with Crippen molar-refractivity contribution in [1.29, 1.82) is 0 Å². The minimum atomic E-state index is -0.407. The average molecular weight is 394 g/mol. The number of fused-ring (bicyclic) bond motifs is 1. The van der Waals surface area contributed by atoms with Gasteiger partial charge in [-0.05, 0) is 40.8 Å². The summed E-state index contributed by atoms with van der Waals surface area (Å²) in [7, 11) is 0. The van der Waals surface area contributed by atoms with Crippen LogP contribution < -0.4 is 5.43 Å². The summed E-state index contributed by atoms with van der Waals surface area (Å²) in [5.74, 6) is -0.160. The van der Waals surface area contributed by atoms with Crippen molar-refractivity contribution in [3.63, 3.8) is 0 Å². The highest BCUT2D eigenvalue weighted by molar-refractivity contribution is 14.1. The van der Waals surface area contributed by atoms with Gasteiger partial charge in [0, 0.05) is 5.39 Å². The number of nitrogens with zero attached hydrogens (tertiary/aromatic N) is 1. The lowest BCUT2D eigenvalue weighted by atomic mass is 10.1. The standard InChI is InChI=1S/C13H10ClFINO2/c14-4-11-12(16)13(18)9-3-7(15)1-2-10(9)17(11)8-5-19-6-8/h1-3,8H,4-6H2. The molecule has 2 heterocycles. The summed E-state index contributed by atoms with van der Waals surface area (Å²) in [6.07, 6.45) is 0. The van der Waals surface area contributed by atoms with Gasteiger partial charge in [0.25, 0.3) is 0 Å². The molecule has 0 N–H and O–H groups in total. The highest BCUT2D eigenvalue weighted by Gasteiger charge is 2.26. The summed E-state index contributed by atoms with van der Waals surface area (Å²) in [6, 6.07) is 4.45. The molecule has 6 heteroatoms. The normalized spacial score (nSPS) is 15.7. The van der Waals surface area contributed by atoms with E-state index in [9.17, 15) is 9.18 Å². The highest BCUT2D eigenvalue weighted by Crippen LogP contribution is 2.28. The van der Waals surface area contributed by atoms with Crippen molar-refractivity contribution < 1.29 is 9.13 Å². The molecule has 0 amide bonds. The van der Waals surface area contributed by atoms with E-state index in [2.05, 4.69) is 0 Å². The molecule has 0 spiro atoms. The van der Waals surface area contributed by atoms with Gasteiger partial charge >= 0.3 is 0 Å². The van der Waals surface area contributed by atoms with Crippen LogP contribution in [0.2, 0.25) is 0 Å². The van der Waals surface area contributed by atoms with Gasteiger partial charge < -0.3 is 9.30 Å². The number of halogens is 3. The molecule has 0 bridgehead atoms. The lowest BCUT2D eigenvalue weighted by molar-refractivity contribution is -0.0225. The van der Waals surface area contributed by atoms with E-state index in [0.29, 0.717) is 22.2 Å². The van der Waals surface area contributed by atoms with Gasteiger partial charge in [-0.25, -0.2) is 4.39 Å². The van der Waals surface area contributed by atoms with Gasteiger partial charge in [0.05, 0.1) is 39.9 Å². The van der Waals surface area contributed by atoms with Crippen molar-refractivity contribution in [1.82, 2.24) is 4.57 Å². The highest BCUT2D eigenvalue weighted by atomic mass is 127. The molecule has 1 saturated heterocycles. The van der Waals surface area contributed by atoms with Gasteiger partial charge in [-0.1, -0.05) is 0 Å². The molecule has 1 aliphatic rings. The zero-order chi connectivity index (χ0) is 13.6. The second-order valence-electron chi connectivity index (χ2n) is 4.45. The van der Waals surface area contributed by atoms with Crippen LogP contribution in [0.5, 0.6) is 0 Å². The Balaban J connectivity index is 2.42. The van der Waals surface area contributed by atoms with Crippen LogP contribution in [0.4, 0.5) is 4.39 Å². The number of benzene rings is 1. The van der Waals surface area contributed by atoms with E-state index in [-0.39, 0.29) is 17.4 Å². The molecule has 19 heavy (non-hydrogen) atoms. The molecule has 0 saturated carbocycles. The molecule has 0 aliphatic carbocycles. The van der Waals surface area contributed by atoms with E-state index in [1.807, 2.05) is 27.2 Å². The first kappa shape index (κ1) is 13.3. The SMILES string of the molecule is O=c1c(I)c(CCl)n(C2COC2)c2ccc(F)cc12. The maximum Gasteiger partial charge on any atom is 0.203 e. The minimum absolute atomic E-state index is 0.163. The second-order valence-corrected chi connectivity index (χ2v) is 5.79. The van der Waals surface area contributed by atoms with Crippen molar-refractivity contribution >= 4 is 45.1 Å². The Morgan fingerprint density at radius 2 is 2.21 bits per heavy atom. The fourth-order valence-corrected chi connectivity index (χ4v) is 3.54. The molecule has 1 aromatic heterocycles. The molecule has 100 valence electrons. The summed E-state index contributed by atoms with van der Waals surface area (Å²) >= 11 is 7.97. The van der Waals surface area contributed by atoms with Crippen LogP contribution in [0.25, 0.3) is 10.9 Å². The van der Waals surface area contributed by atoms with Crippen LogP contribution in [-0.2, 0) is 10.6 Å². The third-order valence-electron chi connectivity index (χ3n) is 3.32. The zero-order valence-electron chi connectivity index (χ0n) is 9.83. The van der Waals surface area contributed by atoms with E-state index in [4.69, 9.17) is 16.3 Å². The van der Waals surface area contributed by atoms with Gasteiger partial charge in [0.1, 0.15) is 5.82 Å². The predicted octanol–water partition coefficient (Wildman–Crippen LogP) is 3.06. The number of hydrogen-bond acceptors (Lipinski definition) is 2. The maximum atomic E-state index is 13.4. The third kappa shape index (κ3) is 2.08. The Bertz CT molecular complexity index is 712. The molecular formula is C13H10ClFINO2. The molecule has 0 radical (unpaired) electrons. The van der Waals surface area contributed by atoms with Crippen LogP contribution in [0.1, 0.15) is 11.7 Å². The quantitative estimate of drug-likeness (QED) is 0.580. The first-order valence-corrected chi connectivity index (χ1v) is 7.40. The first-order valence-electron chi connectivity index (χ1n) is 5.79. The van der Waals surface area contributed by atoms with Crippen molar-refractivity contribution in [2.45, 2.75) is 11.9 Å². The van der Waals surface area contributed by atoms with E-state index in [1.165, 1.54) is 12.1 Å². The largest absolute Gasteiger partial charge is 0.377 e. The molecule has 2 aromatic rings. The van der Waals surface area contributed by atoms with Gasteiger partial charge in [0.2, 0.25) is 5.43 Å². The molecule has 1 aromatic carbocycles. The number of aromatic nitrogens is 1. The number of pyridine rings is 1. The molecule has 1 aliphatic heterocycles. The summed E-state index contributed by atoms with van der Waals surface area (Å²) in [6.45, 7) is 1.19. The van der Waals surface area contributed by atoms with Gasteiger partial charge in [-0.2, -0.15) is 0 Å². The summed E-state index contributed by atoms with van der Waals surface area (Å²) in [4.78, 5) is 12.3. The van der Waals surface area contributed by atoms with Crippen LogP contribution in [0, 0.1) is 9.39 Å². The van der Waals surface area contributed by atoms with Crippen molar-refractivity contribution in [3.05, 3.63) is 43.5 Å². The molecule has 0 atom stereocenters. The van der Waals surface area contributed by atoms with Crippen LogP contribution in [0.15, 0.2) is 23.0 Å². The lowest BCUT2D eigenvalue weighted by Gasteiger charge is -2.32. The monoisotopic (exact) mass is 393 g/mol. The van der Waals surface area contributed by atoms with Gasteiger partial charge in [0.15, 0.2) is 0 Å². The van der Waals surface area contributed by atoms with E-state index in [0.717, 1.165) is 11.2 Å². The number of hydrogen-bond donors (Lipinski definition) is 0. The summed E-state index contributed by atoms with van der Waals surface area (Å²) < 4.78 is 21.1. The molecule has 0 unspecified atom stereocenters. The Morgan fingerprint density at radius 1 is 1.47 bits per heavy atom. The van der Waals surface area contributed by atoms with Gasteiger partial charge in [-0.15, -0.1) is 11.6 Å². The second kappa shape index (κ2) is 5.03. The average Bonchev–Trinajstić information content (AvgIpc) is 2.34. The predicted molar refractivity (Wildman–Crippen MR) is 80.3 cm³/mol. The smallest absolute Gasteiger partial charge is 0.203 e. The number of alkyl halides is 1. The fraction of sp³-hybridized carbons (Fsp3) is 0.308. The van der Waals surface area contributed by atoms with E-state index in [1.54, 1.807) is 6.07 Å². The minimum Gasteiger partial charge on any atom is -0.377 e. The van der Waals surface area contributed by atoms with Crippen molar-refractivity contribution in [3.8, 4) is 0 Å². The fourth-order valence-electron chi connectivity index (χ4n) is 2.31. The first-order chi connectivity index (χ1) is 9.13. The van der Waals surface area contributed by atoms with E-state index >= 15 is 0 Å². The Kier molecular flexibility index (Phi) is 3.53. The summed E-state index contributed by atoms with van der Waals surface area (Å²) in [5, 5.41) is 0.394. The summed E-state index contributed by atoms with van der Waals surface area (Å²) in [5.41, 5.74) is 1.33. The van der Waals surface area contributed by atoms with Crippen molar-refractivity contribution in [2.24, 2.45) is 0 Å². The number of rotatable bonds is 2. The lowest BCUT2D eigenvalue weighted by Crippen LogP contribution is -2.34. The molecule has 3 rings (SSSR count). The van der Waals surface area contributed by atoms with E-state index < -0.39 is 5.82 Å². The van der Waals surface area contributed by atoms with Crippen LogP contribution >= 0.6 is 34.2 Å². The van der Waals surface area contributed by atoms with Crippen LogP contribution in [0.3, 0.4) is 0 Å². The van der Waals surface area contributed by atoms with Gasteiger partial charge in [-0.3, -0.25) is 4.79 Å². The Labute approximate surface area is 127 Å². The zero-order valence-corrected chi connectivity index (χ0v) is 12.7. The van der Waals surface area contributed by atoms with Crippen LogP contribution in [-0.4, -0.2) is 17.8 Å². The Morgan fingerprint density at radius 3 is 2.79 bits per heavy atom. The molecular weight excluding hydrogens is 384 g/mol. The topological polar surface area (TPSA) is 31.2 Å². The molecule has 1 fully saturated rings. The number of ether oxygens (including phenoxy) is 1. The third-order valence-corrected chi connectivity index (χ3v) is 4.68. The maximum absolute atomic E-state index is 13.4. The van der Waals surface area contributed by atoms with Crippen molar-refractivity contribution in [2.75, 3.05) is 13.2 Å². The molecule has 3 nitrogen and oxygen atoms in total. The Hall–Kier alpha value is -0.660.